The molecule has 0 spiro atoms. The Morgan fingerprint density at radius 1 is 1.44 bits per heavy atom. The van der Waals surface area contributed by atoms with E-state index in [1.54, 1.807) is 23.0 Å². The van der Waals surface area contributed by atoms with Crippen LogP contribution in [0.4, 0.5) is 13.2 Å². The van der Waals surface area contributed by atoms with Gasteiger partial charge in [-0.1, -0.05) is 0 Å². The standard InChI is InChI=1S/C10H15F3N2S/c1-8(9-6-14-7-16-9)15-5-3-2-4-10(11,12)13/h6-8,15H,2-5H2,1H3. The number of rotatable bonds is 6. The second-order valence-electron chi connectivity index (χ2n) is 3.65. The Morgan fingerprint density at radius 2 is 2.19 bits per heavy atom. The van der Waals surface area contributed by atoms with Crippen LogP contribution in [0.15, 0.2) is 11.7 Å². The van der Waals surface area contributed by atoms with E-state index in [1.807, 2.05) is 6.92 Å². The van der Waals surface area contributed by atoms with Gasteiger partial charge in [0.15, 0.2) is 0 Å². The summed E-state index contributed by atoms with van der Waals surface area (Å²) in [5, 5.41) is 3.17. The third kappa shape index (κ3) is 5.46. The number of halogens is 3. The molecule has 1 atom stereocenters. The second kappa shape index (κ2) is 6.20. The molecule has 0 saturated carbocycles. The molecule has 1 heterocycles. The Kier molecular flexibility index (Phi) is 5.21. The molecule has 0 aliphatic heterocycles. The minimum absolute atomic E-state index is 0.165. The van der Waals surface area contributed by atoms with Crippen LogP contribution in [0.25, 0.3) is 0 Å². The van der Waals surface area contributed by atoms with E-state index in [4.69, 9.17) is 0 Å². The molecule has 16 heavy (non-hydrogen) atoms. The van der Waals surface area contributed by atoms with Crippen LogP contribution in [-0.4, -0.2) is 17.7 Å². The van der Waals surface area contributed by atoms with Gasteiger partial charge in [-0.05, 0) is 26.3 Å². The highest BCUT2D eigenvalue weighted by atomic mass is 32.1. The van der Waals surface area contributed by atoms with Crippen LogP contribution >= 0.6 is 11.3 Å². The quantitative estimate of drug-likeness (QED) is 0.783. The van der Waals surface area contributed by atoms with Crippen molar-refractivity contribution in [3.8, 4) is 0 Å². The van der Waals surface area contributed by atoms with Crippen LogP contribution in [0.1, 0.15) is 37.1 Å². The van der Waals surface area contributed by atoms with E-state index in [0.717, 1.165) is 4.88 Å². The van der Waals surface area contributed by atoms with Crippen molar-refractivity contribution in [2.75, 3.05) is 6.54 Å². The van der Waals surface area contributed by atoms with E-state index in [-0.39, 0.29) is 12.5 Å². The fourth-order valence-electron chi connectivity index (χ4n) is 1.31. The molecular formula is C10H15F3N2S. The summed E-state index contributed by atoms with van der Waals surface area (Å²) >= 11 is 1.55. The normalized spacial score (nSPS) is 14.0. The number of nitrogens with one attached hydrogen (secondary N) is 1. The summed E-state index contributed by atoms with van der Waals surface area (Å²) in [5.74, 6) is 0. The first-order chi connectivity index (χ1) is 7.49. The first kappa shape index (κ1) is 13.4. The number of unbranched alkanes of at least 4 members (excludes halogenated alkanes) is 1. The molecule has 0 saturated heterocycles. The molecule has 1 aromatic rings. The first-order valence-electron chi connectivity index (χ1n) is 5.17. The van der Waals surface area contributed by atoms with Crippen molar-refractivity contribution in [2.45, 2.75) is 38.4 Å². The predicted molar refractivity (Wildman–Crippen MR) is 58.4 cm³/mol. The third-order valence-corrected chi connectivity index (χ3v) is 3.17. The highest BCUT2D eigenvalue weighted by Gasteiger charge is 2.25. The minimum Gasteiger partial charge on any atom is -0.309 e. The molecular weight excluding hydrogens is 237 g/mol. The van der Waals surface area contributed by atoms with Crippen LogP contribution in [0, 0.1) is 0 Å². The Hall–Kier alpha value is -0.620. The Morgan fingerprint density at radius 3 is 2.75 bits per heavy atom. The smallest absolute Gasteiger partial charge is 0.309 e. The summed E-state index contributed by atoms with van der Waals surface area (Å²) in [4.78, 5) is 5.06. The van der Waals surface area contributed by atoms with Crippen LogP contribution < -0.4 is 5.32 Å². The average molecular weight is 252 g/mol. The zero-order valence-corrected chi connectivity index (χ0v) is 9.87. The van der Waals surface area contributed by atoms with Gasteiger partial charge in [0.1, 0.15) is 0 Å². The van der Waals surface area contributed by atoms with Gasteiger partial charge >= 0.3 is 6.18 Å². The lowest BCUT2D eigenvalue weighted by atomic mass is 10.2. The maximum absolute atomic E-state index is 11.8. The predicted octanol–water partition coefficient (Wildman–Crippen LogP) is 3.53. The lowest BCUT2D eigenvalue weighted by Gasteiger charge is -2.11. The van der Waals surface area contributed by atoms with E-state index in [2.05, 4.69) is 10.3 Å². The minimum atomic E-state index is -4.02. The molecule has 0 fully saturated rings. The van der Waals surface area contributed by atoms with Crippen molar-refractivity contribution in [2.24, 2.45) is 0 Å². The largest absolute Gasteiger partial charge is 0.389 e. The summed E-state index contributed by atoms with van der Waals surface area (Å²) < 4.78 is 35.5. The van der Waals surface area contributed by atoms with Gasteiger partial charge in [-0.15, -0.1) is 11.3 Å². The molecule has 0 aliphatic carbocycles. The van der Waals surface area contributed by atoms with Crippen LogP contribution in [0.5, 0.6) is 0 Å². The zero-order chi connectivity index (χ0) is 12.0. The average Bonchev–Trinajstić information content (AvgIpc) is 2.67. The van der Waals surface area contributed by atoms with Gasteiger partial charge in [0.2, 0.25) is 0 Å². The van der Waals surface area contributed by atoms with E-state index >= 15 is 0 Å². The van der Waals surface area contributed by atoms with Crippen molar-refractivity contribution >= 4 is 11.3 Å². The zero-order valence-electron chi connectivity index (χ0n) is 9.05. The van der Waals surface area contributed by atoms with Gasteiger partial charge in [-0.3, -0.25) is 4.98 Å². The van der Waals surface area contributed by atoms with Gasteiger partial charge in [-0.2, -0.15) is 13.2 Å². The van der Waals surface area contributed by atoms with Crippen LogP contribution in [0.3, 0.4) is 0 Å². The van der Waals surface area contributed by atoms with Crippen molar-refractivity contribution in [1.29, 1.82) is 0 Å². The van der Waals surface area contributed by atoms with Crippen molar-refractivity contribution in [3.63, 3.8) is 0 Å². The fourth-order valence-corrected chi connectivity index (χ4v) is 1.96. The molecule has 92 valence electrons. The third-order valence-electron chi connectivity index (χ3n) is 2.22. The molecule has 0 aliphatic rings. The monoisotopic (exact) mass is 252 g/mol. The molecule has 1 aromatic heterocycles. The lowest BCUT2D eigenvalue weighted by Crippen LogP contribution is -2.19. The molecule has 1 rings (SSSR count). The van der Waals surface area contributed by atoms with Crippen molar-refractivity contribution < 1.29 is 13.2 Å². The Bertz CT molecular complexity index is 285. The number of aromatic nitrogens is 1. The molecule has 0 aromatic carbocycles. The Labute approximate surface area is 96.9 Å². The SMILES string of the molecule is CC(NCCCCC(F)(F)F)c1cncs1. The van der Waals surface area contributed by atoms with Gasteiger partial charge in [0.25, 0.3) is 0 Å². The molecule has 6 heteroatoms. The van der Waals surface area contributed by atoms with Crippen molar-refractivity contribution in [3.05, 3.63) is 16.6 Å². The number of thiazole rings is 1. The lowest BCUT2D eigenvalue weighted by molar-refractivity contribution is -0.135. The molecule has 0 amide bonds. The fraction of sp³-hybridized carbons (Fsp3) is 0.700. The Balaban J connectivity index is 2.08. The molecule has 0 bridgehead atoms. The summed E-state index contributed by atoms with van der Waals surface area (Å²) in [6.07, 6.45) is -2.21. The van der Waals surface area contributed by atoms with E-state index in [0.29, 0.717) is 13.0 Å². The van der Waals surface area contributed by atoms with E-state index in [1.165, 1.54) is 0 Å². The first-order valence-corrected chi connectivity index (χ1v) is 6.05. The van der Waals surface area contributed by atoms with Gasteiger partial charge in [0.05, 0.1) is 5.51 Å². The molecule has 1 N–H and O–H groups in total. The molecule has 1 unspecified atom stereocenters. The second-order valence-corrected chi connectivity index (χ2v) is 4.57. The molecule has 2 nitrogen and oxygen atoms in total. The maximum atomic E-state index is 11.8. The number of nitrogens with zero attached hydrogens (tertiary/aromatic N) is 1. The van der Waals surface area contributed by atoms with Crippen LogP contribution in [-0.2, 0) is 0 Å². The summed E-state index contributed by atoms with van der Waals surface area (Å²) in [6, 6.07) is 0.165. The number of hydrogen-bond donors (Lipinski definition) is 1. The van der Waals surface area contributed by atoms with E-state index < -0.39 is 12.6 Å². The highest BCUT2D eigenvalue weighted by Crippen LogP contribution is 2.22. The topological polar surface area (TPSA) is 24.9 Å². The highest BCUT2D eigenvalue weighted by molar-refractivity contribution is 7.09. The summed E-state index contributed by atoms with van der Waals surface area (Å²) in [7, 11) is 0. The maximum Gasteiger partial charge on any atom is 0.389 e. The summed E-state index contributed by atoms with van der Waals surface area (Å²) in [5.41, 5.74) is 1.75. The van der Waals surface area contributed by atoms with Gasteiger partial charge in [-0.25, -0.2) is 0 Å². The molecule has 0 radical (unpaired) electrons. The number of hydrogen-bond acceptors (Lipinski definition) is 3. The summed E-state index contributed by atoms with van der Waals surface area (Å²) in [6.45, 7) is 2.59. The van der Waals surface area contributed by atoms with Gasteiger partial charge in [0, 0.05) is 23.5 Å². The van der Waals surface area contributed by atoms with Crippen molar-refractivity contribution in [1.82, 2.24) is 10.3 Å². The van der Waals surface area contributed by atoms with Crippen LogP contribution in [0.2, 0.25) is 0 Å². The number of alkyl halides is 3. The van der Waals surface area contributed by atoms with Gasteiger partial charge < -0.3 is 5.32 Å². The van der Waals surface area contributed by atoms with E-state index in [9.17, 15) is 13.2 Å².